The number of nitrogens with one attached hydrogen (secondary N) is 1. The maximum absolute atomic E-state index is 13.2. The van der Waals surface area contributed by atoms with Crippen molar-refractivity contribution in [1.82, 2.24) is 4.31 Å². The Morgan fingerprint density at radius 2 is 1.63 bits per heavy atom. The average Bonchev–Trinajstić information content (AvgIpc) is 2.89. The maximum atomic E-state index is 13.2. The summed E-state index contributed by atoms with van der Waals surface area (Å²) in [5.41, 5.74) is 2.71. The number of methoxy groups -OCH3 is 2. The quantitative estimate of drug-likeness (QED) is 0.513. The van der Waals surface area contributed by atoms with Crippen molar-refractivity contribution in [2.45, 2.75) is 11.3 Å². The molecule has 0 saturated carbocycles. The molecule has 1 aliphatic heterocycles. The second-order valence-electron chi connectivity index (χ2n) is 8.02. The highest BCUT2D eigenvalue weighted by atomic mass is 32.2. The van der Waals surface area contributed by atoms with Crippen molar-refractivity contribution in [2.24, 2.45) is 0 Å². The third kappa shape index (κ3) is 5.64. The number of hydrogen-bond donors (Lipinski definition) is 1. The number of benzene rings is 3. The molecule has 1 saturated heterocycles. The monoisotopic (exact) mass is 496 g/mol. The van der Waals surface area contributed by atoms with Gasteiger partial charge in [0.05, 0.1) is 37.9 Å². The fraction of sp³-hybridized carbons (Fsp3) is 0.269. The fourth-order valence-corrected chi connectivity index (χ4v) is 5.40. The Labute approximate surface area is 205 Å². The number of sulfonamides is 1. The summed E-state index contributed by atoms with van der Waals surface area (Å²) >= 11 is 0. The first-order valence-corrected chi connectivity index (χ1v) is 12.6. The summed E-state index contributed by atoms with van der Waals surface area (Å²) in [5, 5.41) is 2.87. The third-order valence-corrected chi connectivity index (χ3v) is 7.69. The molecule has 0 aromatic heterocycles. The molecule has 4 rings (SSSR count). The van der Waals surface area contributed by atoms with E-state index in [9.17, 15) is 13.2 Å². The number of morpholine rings is 1. The van der Waals surface area contributed by atoms with E-state index in [0.717, 1.165) is 11.1 Å². The number of nitrogens with zero attached hydrogens (tertiary/aromatic N) is 1. The topological polar surface area (TPSA) is 94.2 Å². The van der Waals surface area contributed by atoms with Crippen LogP contribution in [0.4, 0.5) is 5.69 Å². The Bertz CT molecular complexity index is 1290. The van der Waals surface area contributed by atoms with E-state index in [2.05, 4.69) is 5.32 Å². The second kappa shape index (κ2) is 10.9. The van der Waals surface area contributed by atoms with E-state index in [0.29, 0.717) is 31.1 Å². The van der Waals surface area contributed by atoms with E-state index < -0.39 is 15.9 Å². The minimum Gasteiger partial charge on any atom is -0.496 e. The summed E-state index contributed by atoms with van der Waals surface area (Å²) in [7, 11) is -0.722. The smallest absolute Gasteiger partial charge is 0.259 e. The molecule has 0 bridgehead atoms. The molecule has 1 heterocycles. The van der Waals surface area contributed by atoms with E-state index in [1.165, 1.54) is 29.6 Å². The minimum atomic E-state index is -3.76. The molecule has 1 N–H and O–H groups in total. The largest absolute Gasteiger partial charge is 0.496 e. The Kier molecular flexibility index (Phi) is 7.70. The highest BCUT2D eigenvalue weighted by molar-refractivity contribution is 7.89. The Morgan fingerprint density at radius 3 is 2.31 bits per heavy atom. The van der Waals surface area contributed by atoms with Crippen LogP contribution in [0, 0.1) is 0 Å². The molecule has 1 amide bonds. The summed E-state index contributed by atoms with van der Waals surface area (Å²) < 4.78 is 43.6. The molecule has 3 aromatic carbocycles. The molecule has 184 valence electrons. The summed E-state index contributed by atoms with van der Waals surface area (Å²) in [6, 6.07) is 19.6. The van der Waals surface area contributed by atoms with Crippen LogP contribution in [0.2, 0.25) is 0 Å². The van der Waals surface area contributed by atoms with Gasteiger partial charge in [0.1, 0.15) is 11.5 Å². The summed E-state index contributed by atoms with van der Waals surface area (Å²) in [6.45, 7) is 1.22. The lowest BCUT2D eigenvalue weighted by atomic mass is 10.0. The molecule has 1 fully saturated rings. The van der Waals surface area contributed by atoms with Gasteiger partial charge in [-0.3, -0.25) is 4.79 Å². The van der Waals surface area contributed by atoms with Crippen LogP contribution in [-0.2, 0) is 21.2 Å². The normalized spacial score (nSPS) is 14.3. The van der Waals surface area contributed by atoms with Crippen molar-refractivity contribution in [3.8, 4) is 11.5 Å². The lowest BCUT2D eigenvalue weighted by Gasteiger charge is -2.26. The van der Waals surface area contributed by atoms with E-state index in [1.807, 2.05) is 36.4 Å². The van der Waals surface area contributed by atoms with Crippen LogP contribution >= 0.6 is 0 Å². The van der Waals surface area contributed by atoms with Gasteiger partial charge in [0.25, 0.3) is 5.91 Å². The van der Waals surface area contributed by atoms with E-state index in [-0.39, 0.29) is 29.3 Å². The first kappa shape index (κ1) is 24.7. The molecule has 0 unspecified atom stereocenters. The molecule has 1 aliphatic rings. The number of ether oxygens (including phenoxy) is 3. The number of anilines is 1. The lowest BCUT2D eigenvalue weighted by molar-refractivity contribution is 0.0730. The summed E-state index contributed by atoms with van der Waals surface area (Å²) in [5.74, 6) is 0.515. The molecule has 35 heavy (non-hydrogen) atoms. The van der Waals surface area contributed by atoms with Gasteiger partial charge in [0, 0.05) is 30.8 Å². The van der Waals surface area contributed by atoms with Crippen LogP contribution in [0.3, 0.4) is 0 Å². The zero-order valence-electron chi connectivity index (χ0n) is 19.7. The Morgan fingerprint density at radius 1 is 0.943 bits per heavy atom. The molecule has 8 nitrogen and oxygen atoms in total. The number of amides is 1. The van der Waals surface area contributed by atoms with Gasteiger partial charge in [0.2, 0.25) is 10.0 Å². The predicted molar refractivity (Wildman–Crippen MR) is 133 cm³/mol. The van der Waals surface area contributed by atoms with Gasteiger partial charge >= 0.3 is 0 Å². The molecule has 0 atom stereocenters. The first-order chi connectivity index (χ1) is 16.9. The summed E-state index contributed by atoms with van der Waals surface area (Å²) in [6.07, 6.45) is 0.629. The van der Waals surface area contributed by atoms with Gasteiger partial charge in [-0.1, -0.05) is 30.3 Å². The van der Waals surface area contributed by atoms with Gasteiger partial charge in [0.15, 0.2) is 0 Å². The van der Waals surface area contributed by atoms with Crippen LogP contribution in [0.5, 0.6) is 11.5 Å². The minimum absolute atomic E-state index is 0.0323. The van der Waals surface area contributed by atoms with Crippen molar-refractivity contribution in [2.75, 3.05) is 45.8 Å². The van der Waals surface area contributed by atoms with Crippen LogP contribution in [0.1, 0.15) is 21.5 Å². The fourth-order valence-electron chi connectivity index (χ4n) is 3.97. The standard InChI is InChI=1S/C26H28N2O6S/c1-32-24-10-8-21(17-20(24)16-19-6-4-3-5-7-19)27-26(29)23-18-22(9-11-25(23)33-2)35(30,31)28-12-14-34-15-13-28/h3-11,17-18H,12-16H2,1-2H3,(H,27,29). The third-order valence-electron chi connectivity index (χ3n) is 5.80. The van der Waals surface area contributed by atoms with Crippen molar-refractivity contribution < 1.29 is 27.4 Å². The summed E-state index contributed by atoms with van der Waals surface area (Å²) in [4.78, 5) is 13.3. The van der Waals surface area contributed by atoms with Gasteiger partial charge in [-0.05, 0) is 42.0 Å². The molecular formula is C26H28N2O6S. The lowest BCUT2D eigenvalue weighted by Crippen LogP contribution is -2.40. The van der Waals surface area contributed by atoms with Gasteiger partial charge < -0.3 is 19.5 Å². The number of carbonyl (C=O) groups is 1. The van der Waals surface area contributed by atoms with Crippen LogP contribution in [0.25, 0.3) is 0 Å². The highest BCUT2D eigenvalue weighted by Crippen LogP contribution is 2.28. The van der Waals surface area contributed by atoms with Crippen molar-refractivity contribution in [3.05, 3.63) is 83.4 Å². The Balaban J connectivity index is 1.61. The SMILES string of the molecule is COc1ccc(NC(=O)c2cc(S(=O)(=O)N3CCOCC3)ccc2OC)cc1Cc1ccccc1. The van der Waals surface area contributed by atoms with Gasteiger partial charge in [-0.2, -0.15) is 4.31 Å². The zero-order chi connectivity index (χ0) is 24.8. The van der Waals surface area contributed by atoms with Crippen LogP contribution < -0.4 is 14.8 Å². The highest BCUT2D eigenvalue weighted by Gasteiger charge is 2.28. The molecule has 0 radical (unpaired) electrons. The van der Waals surface area contributed by atoms with E-state index in [4.69, 9.17) is 14.2 Å². The molecule has 3 aromatic rings. The molecule has 0 spiro atoms. The van der Waals surface area contributed by atoms with Crippen molar-refractivity contribution in [3.63, 3.8) is 0 Å². The maximum Gasteiger partial charge on any atom is 0.259 e. The van der Waals surface area contributed by atoms with Crippen molar-refractivity contribution >= 4 is 21.6 Å². The number of carbonyl (C=O) groups excluding carboxylic acids is 1. The molecular weight excluding hydrogens is 468 g/mol. The van der Waals surface area contributed by atoms with Crippen LogP contribution in [-0.4, -0.2) is 59.2 Å². The molecule has 9 heteroatoms. The number of hydrogen-bond acceptors (Lipinski definition) is 6. The van der Waals surface area contributed by atoms with Crippen LogP contribution in [0.15, 0.2) is 71.6 Å². The van der Waals surface area contributed by atoms with Gasteiger partial charge in [-0.25, -0.2) is 8.42 Å². The van der Waals surface area contributed by atoms with Crippen molar-refractivity contribution in [1.29, 1.82) is 0 Å². The average molecular weight is 497 g/mol. The van der Waals surface area contributed by atoms with Gasteiger partial charge in [-0.15, -0.1) is 0 Å². The predicted octanol–water partition coefficient (Wildman–Crippen LogP) is 3.57. The second-order valence-corrected chi connectivity index (χ2v) is 9.96. The van der Waals surface area contributed by atoms with E-state index in [1.54, 1.807) is 19.2 Å². The zero-order valence-corrected chi connectivity index (χ0v) is 20.5. The number of rotatable bonds is 8. The van der Waals surface area contributed by atoms with E-state index >= 15 is 0 Å². The molecule has 0 aliphatic carbocycles. The first-order valence-electron chi connectivity index (χ1n) is 11.2. The Hall–Kier alpha value is -3.40.